The monoisotopic (exact) mass is 372 g/mol. The van der Waals surface area contributed by atoms with Crippen LogP contribution in [-0.4, -0.2) is 31.2 Å². The van der Waals surface area contributed by atoms with Gasteiger partial charge in [0.2, 0.25) is 15.9 Å². The van der Waals surface area contributed by atoms with Gasteiger partial charge in [-0.25, -0.2) is 8.42 Å². The van der Waals surface area contributed by atoms with E-state index in [1.54, 1.807) is 24.3 Å². The first kappa shape index (κ1) is 18.6. The van der Waals surface area contributed by atoms with Gasteiger partial charge in [0.25, 0.3) is 0 Å². The Kier molecular flexibility index (Phi) is 5.44. The van der Waals surface area contributed by atoms with Crippen molar-refractivity contribution < 1.29 is 13.2 Å². The van der Waals surface area contributed by atoms with Gasteiger partial charge in [-0.2, -0.15) is 4.31 Å². The summed E-state index contributed by atoms with van der Waals surface area (Å²) in [4.78, 5) is 12.9. The summed E-state index contributed by atoms with van der Waals surface area (Å²) < 4.78 is 27.2. The highest BCUT2D eigenvalue weighted by atomic mass is 32.2. The number of carbonyl (C=O) groups is 1. The van der Waals surface area contributed by atoms with Crippen LogP contribution >= 0.6 is 0 Å². The molecule has 6 heteroatoms. The Hall–Kier alpha value is -2.18. The van der Waals surface area contributed by atoms with E-state index in [2.05, 4.69) is 5.32 Å². The lowest BCUT2D eigenvalue weighted by Crippen LogP contribution is -2.45. The van der Waals surface area contributed by atoms with Gasteiger partial charge < -0.3 is 5.32 Å². The van der Waals surface area contributed by atoms with Crippen LogP contribution in [0.3, 0.4) is 0 Å². The van der Waals surface area contributed by atoms with E-state index in [0.717, 1.165) is 16.7 Å². The highest BCUT2D eigenvalue weighted by Gasteiger charge is 2.39. The van der Waals surface area contributed by atoms with Crippen LogP contribution in [0.2, 0.25) is 0 Å². The van der Waals surface area contributed by atoms with Gasteiger partial charge in [0.1, 0.15) is 6.04 Å². The Bertz CT molecular complexity index is 892. The maximum Gasteiger partial charge on any atom is 0.243 e. The summed E-state index contributed by atoms with van der Waals surface area (Å²) in [6, 6.07) is 13.9. The molecule has 0 aliphatic carbocycles. The second-order valence-corrected chi connectivity index (χ2v) is 8.62. The Balaban J connectivity index is 1.74. The van der Waals surface area contributed by atoms with Gasteiger partial charge >= 0.3 is 0 Å². The molecule has 1 amide bonds. The predicted octanol–water partition coefficient (Wildman–Crippen LogP) is 2.77. The van der Waals surface area contributed by atoms with E-state index in [9.17, 15) is 13.2 Å². The fraction of sp³-hybridized carbons (Fsp3) is 0.350. The molecule has 138 valence electrons. The molecule has 0 bridgehead atoms. The van der Waals surface area contributed by atoms with Crippen molar-refractivity contribution in [1.29, 1.82) is 0 Å². The number of sulfonamides is 1. The van der Waals surface area contributed by atoms with Gasteiger partial charge in [-0.05, 0) is 49.9 Å². The Morgan fingerprint density at radius 3 is 2.50 bits per heavy atom. The average molecular weight is 372 g/mol. The van der Waals surface area contributed by atoms with E-state index in [4.69, 9.17) is 0 Å². The van der Waals surface area contributed by atoms with Crippen molar-refractivity contribution >= 4 is 15.9 Å². The van der Waals surface area contributed by atoms with Crippen LogP contribution in [0.25, 0.3) is 0 Å². The summed E-state index contributed by atoms with van der Waals surface area (Å²) in [5, 5.41) is 2.90. The van der Waals surface area contributed by atoms with E-state index in [-0.39, 0.29) is 10.8 Å². The minimum Gasteiger partial charge on any atom is -0.351 e. The van der Waals surface area contributed by atoms with Gasteiger partial charge in [0.15, 0.2) is 0 Å². The third kappa shape index (κ3) is 3.81. The smallest absolute Gasteiger partial charge is 0.243 e. The highest BCUT2D eigenvalue weighted by Crippen LogP contribution is 2.26. The summed E-state index contributed by atoms with van der Waals surface area (Å²) in [6.07, 6.45) is 1.23. The lowest BCUT2D eigenvalue weighted by molar-refractivity contribution is -0.124. The van der Waals surface area contributed by atoms with E-state index in [0.29, 0.717) is 25.9 Å². The normalized spacial score (nSPS) is 18.0. The third-order valence-corrected chi connectivity index (χ3v) is 6.77. The number of nitrogens with zero attached hydrogens (tertiary/aromatic N) is 1. The fourth-order valence-electron chi connectivity index (χ4n) is 3.24. The van der Waals surface area contributed by atoms with Crippen LogP contribution in [0.15, 0.2) is 53.4 Å². The number of hydrogen-bond acceptors (Lipinski definition) is 3. The van der Waals surface area contributed by atoms with E-state index in [1.807, 2.05) is 38.1 Å². The predicted molar refractivity (Wildman–Crippen MR) is 101 cm³/mol. The van der Waals surface area contributed by atoms with Crippen LogP contribution in [0.5, 0.6) is 0 Å². The fourth-order valence-corrected chi connectivity index (χ4v) is 4.90. The molecule has 0 saturated carbocycles. The summed E-state index contributed by atoms with van der Waals surface area (Å²) in [5.74, 6) is -0.235. The zero-order valence-electron chi connectivity index (χ0n) is 15.1. The molecule has 2 aromatic carbocycles. The number of nitrogens with one attached hydrogen (secondary N) is 1. The molecule has 1 unspecified atom stereocenters. The first-order valence-corrected chi connectivity index (χ1v) is 10.2. The quantitative estimate of drug-likeness (QED) is 0.878. The Labute approximate surface area is 155 Å². The summed E-state index contributed by atoms with van der Waals surface area (Å²) in [7, 11) is -3.67. The molecule has 1 aliphatic rings. The van der Waals surface area contributed by atoms with Crippen molar-refractivity contribution in [2.75, 3.05) is 6.54 Å². The van der Waals surface area contributed by atoms with E-state index in [1.165, 1.54) is 4.31 Å². The maximum absolute atomic E-state index is 12.9. The molecule has 1 fully saturated rings. The average Bonchev–Trinajstić information content (AvgIpc) is 3.12. The minimum atomic E-state index is -3.67. The van der Waals surface area contributed by atoms with Crippen LogP contribution in [0.4, 0.5) is 0 Å². The molecular formula is C20H24N2O3S. The lowest BCUT2D eigenvalue weighted by atomic mass is 10.1. The molecule has 26 heavy (non-hydrogen) atoms. The lowest BCUT2D eigenvalue weighted by Gasteiger charge is -2.23. The van der Waals surface area contributed by atoms with Gasteiger partial charge in [-0.3, -0.25) is 4.79 Å². The number of aryl methyl sites for hydroxylation is 2. The first-order chi connectivity index (χ1) is 12.4. The Morgan fingerprint density at radius 1 is 1.12 bits per heavy atom. The molecule has 1 N–H and O–H groups in total. The zero-order chi connectivity index (χ0) is 18.7. The van der Waals surface area contributed by atoms with Crippen LogP contribution in [0.1, 0.15) is 29.5 Å². The summed E-state index contributed by atoms with van der Waals surface area (Å²) >= 11 is 0. The van der Waals surface area contributed by atoms with Gasteiger partial charge in [-0.15, -0.1) is 0 Å². The first-order valence-electron chi connectivity index (χ1n) is 8.80. The molecule has 1 aliphatic heterocycles. The number of hydrogen-bond donors (Lipinski definition) is 1. The minimum absolute atomic E-state index is 0.235. The molecule has 1 heterocycles. The third-order valence-electron chi connectivity index (χ3n) is 4.85. The van der Waals surface area contributed by atoms with Crippen molar-refractivity contribution in [3.63, 3.8) is 0 Å². The number of carbonyl (C=O) groups excluding carboxylic acids is 1. The van der Waals surface area contributed by atoms with Crippen molar-refractivity contribution in [1.82, 2.24) is 9.62 Å². The van der Waals surface area contributed by atoms with E-state index < -0.39 is 16.1 Å². The molecule has 5 nitrogen and oxygen atoms in total. The second-order valence-electron chi connectivity index (χ2n) is 6.73. The zero-order valence-corrected chi connectivity index (χ0v) is 15.9. The molecular weight excluding hydrogens is 348 g/mol. The van der Waals surface area contributed by atoms with Gasteiger partial charge in [-0.1, -0.05) is 42.0 Å². The van der Waals surface area contributed by atoms with Crippen LogP contribution in [0, 0.1) is 13.8 Å². The molecule has 0 radical (unpaired) electrons. The summed E-state index contributed by atoms with van der Waals surface area (Å²) in [6.45, 7) is 4.68. The van der Waals surface area contributed by atoms with Crippen LogP contribution < -0.4 is 5.32 Å². The van der Waals surface area contributed by atoms with Crippen molar-refractivity contribution in [2.45, 2.75) is 44.2 Å². The summed E-state index contributed by atoms with van der Waals surface area (Å²) in [5.41, 5.74) is 3.13. The second kappa shape index (κ2) is 7.60. The largest absolute Gasteiger partial charge is 0.351 e. The van der Waals surface area contributed by atoms with Crippen LogP contribution in [-0.2, 0) is 21.4 Å². The molecule has 0 aromatic heterocycles. The maximum atomic E-state index is 12.9. The molecule has 2 aromatic rings. The number of benzene rings is 2. The Morgan fingerprint density at radius 2 is 1.81 bits per heavy atom. The van der Waals surface area contributed by atoms with Crippen molar-refractivity contribution in [3.8, 4) is 0 Å². The van der Waals surface area contributed by atoms with Crippen molar-refractivity contribution in [2.24, 2.45) is 0 Å². The molecule has 0 spiro atoms. The topological polar surface area (TPSA) is 66.5 Å². The number of amides is 1. The molecule has 1 atom stereocenters. The number of rotatable bonds is 5. The standard InChI is InChI=1S/C20H24N2O3S/c1-15-9-11-18(12-10-15)26(24,25)22-13-5-8-19(22)20(23)21-14-17-7-4-3-6-16(17)2/h3-4,6-7,9-12,19H,5,8,13-14H2,1-2H3,(H,21,23). The molecule has 3 rings (SSSR count). The van der Waals surface area contributed by atoms with Gasteiger partial charge in [0.05, 0.1) is 4.90 Å². The van der Waals surface area contributed by atoms with Gasteiger partial charge in [0, 0.05) is 13.1 Å². The van der Waals surface area contributed by atoms with E-state index >= 15 is 0 Å². The molecule has 1 saturated heterocycles. The van der Waals surface area contributed by atoms with Crippen molar-refractivity contribution in [3.05, 3.63) is 65.2 Å². The SMILES string of the molecule is Cc1ccc(S(=O)(=O)N2CCCC2C(=O)NCc2ccccc2C)cc1. The highest BCUT2D eigenvalue weighted by molar-refractivity contribution is 7.89.